The van der Waals surface area contributed by atoms with Crippen LogP contribution in [0.4, 0.5) is 10.5 Å². The number of para-hydroxylation sites is 1. The summed E-state index contributed by atoms with van der Waals surface area (Å²) in [7, 11) is 1.43. The van der Waals surface area contributed by atoms with Crippen molar-refractivity contribution in [2.45, 2.75) is 0 Å². The molecule has 21 heavy (non-hydrogen) atoms. The van der Waals surface area contributed by atoms with E-state index in [1.54, 1.807) is 18.2 Å². The van der Waals surface area contributed by atoms with Gasteiger partial charge in [-0.2, -0.15) is 5.26 Å². The second kappa shape index (κ2) is 8.39. The fraction of sp³-hybridized carbons (Fsp3) is 0.308. The van der Waals surface area contributed by atoms with Crippen molar-refractivity contribution in [3.05, 3.63) is 23.8 Å². The van der Waals surface area contributed by atoms with Gasteiger partial charge >= 0.3 is 12.0 Å². The van der Waals surface area contributed by atoms with E-state index in [2.05, 4.69) is 10.6 Å². The number of carboxylic acid groups (broad SMARTS) is 1. The summed E-state index contributed by atoms with van der Waals surface area (Å²) in [4.78, 5) is 21.9. The number of ether oxygens (including phenoxy) is 2. The standard InChI is InChI=1S/C13H15N3O5/c1-20-10-4-2-3-9(7-14)12(10)16-13(19)15-5-6-21-8-11(17)18/h2-4H,5-6,8H2,1H3,(H,17,18)(H2,15,16,19). The molecule has 0 aromatic heterocycles. The molecule has 0 saturated carbocycles. The zero-order chi connectivity index (χ0) is 15.7. The molecule has 112 valence electrons. The molecule has 0 saturated heterocycles. The predicted octanol–water partition coefficient (Wildman–Crippen LogP) is 0.790. The summed E-state index contributed by atoms with van der Waals surface area (Å²) in [6, 6.07) is 6.21. The van der Waals surface area contributed by atoms with E-state index in [9.17, 15) is 9.59 Å². The number of nitriles is 1. The highest BCUT2D eigenvalue weighted by Crippen LogP contribution is 2.27. The van der Waals surface area contributed by atoms with E-state index in [1.165, 1.54) is 7.11 Å². The maximum atomic E-state index is 11.7. The van der Waals surface area contributed by atoms with Crippen LogP contribution >= 0.6 is 0 Å². The highest BCUT2D eigenvalue weighted by Gasteiger charge is 2.11. The lowest BCUT2D eigenvalue weighted by Gasteiger charge is -2.12. The number of carboxylic acids is 1. The largest absolute Gasteiger partial charge is 0.495 e. The number of anilines is 1. The van der Waals surface area contributed by atoms with Crippen LogP contribution in [0.5, 0.6) is 5.75 Å². The zero-order valence-electron chi connectivity index (χ0n) is 11.4. The Morgan fingerprint density at radius 1 is 1.43 bits per heavy atom. The smallest absolute Gasteiger partial charge is 0.329 e. The van der Waals surface area contributed by atoms with Crippen LogP contribution in [0.1, 0.15) is 5.56 Å². The fourth-order valence-corrected chi connectivity index (χ4v) is 1.48. The average Bonchev–Trinajstić information content (AvgIpc) is 2.46. The number of rotatable bonds is 7. The predicted molar refractivity (Wildman–Crippen MR) is 73.2 cm³/mol. The molecule has 0 fully saturated rings. The van der Waals surface area contributed by atoms with Crippen LogP contribution < -0.4 is 15.4 Å². The molecule has 1 rings (SSSR count). The van der Waals surface area contributed by atoms with Gasteiger partial charge in [0.25, 0.3) is 0 Å². The van der Waals surface area contributed by atoms with Gasteiger partial charge in [-0.1, -0.05) is 6.07 Å². The van der Waals surface area contributed by atoms with E-state index in [0.717, 1.165) is 0 Å². The first-order valence-electron chi connectivity index (χ1n) is 6.00. The number of hydrogen-bond acceptors (Lipinski definition) is 5. The monoisotopic (exact) mass is 293 g/mol. The molecule has 0 aliphatic rings. The summed E-state index contributed by atoms with van der Waals surface area (Å²) < 4.78 is 9.84. The summed E-state index contributed by atoms with van der Waals surface area (Å²) in [5.74, 6) is -0.710. The van der Waals surface area contributed by atoms with Gasteiger partial charge in [-0.25, -0.2) is 9.59 Å². The summed E-state index contributed by atoms with van der Waals surface area (Å²) in [5, 5.41) is 22.3. The number of benzene rings is 1. The molecule has 8 heteroatoms. The van der Waals surface area contributed by atoms with Crippen molar-refractivity contribution < 1.29 is 24.2 Å². The maximum Gasteiger partial charge on any atom is 0.329 e. The first kappa shape index (κ1) is 16.3. The van der Waals surface area contributed by atoms with Crippen molar-refractivity contribution in [3.8, 4) is 11.8 Å². The van der Waals surface area contributed by atoms with Crippen molar-refractivity contribution in [2.24, 2.45) is 0 Å². The Labute approximate surface area is 121 Å². The van der Waals surface area contributed by atoms with Gasteiger partial charge in [-0.05, 0) is 12.1 Å². The summed E-state index contributed by atoms with van der Waals surface area (Å²) >= 11 is 0. The Morgan fingerprint density at radius 3 is 2.81 bits per heavy atom. The third-order valence-electron chi connectivity index (χ3n) is 2.36. The Bertz CT molecular complexity index is 553. The van der Waals surface area contributed by atoms with E-state index >= 15 is 0 Å². The van der Waals surface area contributed by atoms with Crippen molar-refractivity contribution in [2.75, 3.05) is 32.2 Å². The first-order chi connectivity index (χ1) is 10.1. The number of urea groups is 1. The molecule has 0 aliphatic carbocycles. The van der Waals surface area contributed by atoms with Crippen molar-refractivity contribution in [3.63, 3.8) is 0 Å². The van der Waals surface area contributed by atoms with Crippen LogP contribution in [-0.2, 0) is 9.53 Å². The average molecular weight is 293 g/mol. The molecule has 0 bridgehead atoms. The molecule has 0 radical (unpaired) electrons. The number of methoxy groups -OCH3 is 1. The van der Waals surface area contributed by atoms with Crippen LogP contribution in [0.25, 0.3) is 0 Å². The normalized spacial score (nSPS) is 9.52. The minimum absolute atomic E-state index is 0.0662. The molecule has 0 aliphatic heterocycles. The topological polar surface area (TPSA) is 121 Å². The quantitative estimate of drug-likeness (QED) is 0.639. The molecular formula is C13H15N3O5. The molecular weight excluding hydrogens is 278 g/mol. The van der Waals surface area contributed by atoms with Gasteiger partial charge in [0.1, 0.15) is 24.1 Å². The summed E-state index contributed by atoms with van der Waals surface area (Å²) in [6.45, 7) is -0.221. The molecule has 0 heterocycles. The second-order valence-corrected chi connectivity index (χ2v) is 3.82. The molecule has 1 aromatic carbocycles. The minimum atomic E-state index is -1.08. The number of nitrogens with one attached hydrogen (secondary N) is 2. The van der Waals surface area contributed by atoms with E-state index in [1.807, 2.05) is 6.07 Å². The van der Waals surface area contributed by atoms with E-state index in [0.29, 0.717) is 5.75 Å². The molecule has 0 unspecified atom stereocenters. The molecule has 1 aromatic rings. The number of hydrogen-bond donors (Lipinski definition) is 3. The Hall–Kier alpha value is -2.79. The fourth-order valence-electron chi connectivity index (χ4n) is 1.48. The molecule has 2 amide bonds. The van der Waals surface area contributed by atoms with Gasteiger partial charge in [-0.15, -0.1) is 0 Å². The first-order valence-corrected chi connectivity index (χ1v) is 6.00. The van der Waals surface area contributed by atoms with Gasteiger partial charge < -0.3 is 25.2 Å². The maximum absolute atomic E-state index is 11.7. The van der Waals surface area contributed by atoms with Gasteiger partial charge in [-0.3, -0.25) is 0 Å². The second-order valence-electron chi connectivity index (χ2n) is 3.82. The molecule has 0 atom stereocenters. The third-order valence-corrected chi connectivity index (χ3v) is 2.36. The number of aliphatic carboxylic acids is 1. The van der Waals surface area contributed by atoms with Crippen molar-refractivity contribution in [1.82, 2.24) is 5.32 Å². The number of nitrogens with zero attached hydrogens (tertiary/aromatic N) is 1. The number of carbonyl (C=O) groups excluding carboxylic acids is 1. The van der Waals surface area contributed by atoms with Crippen LogP contribution in [0, 0.1) is 11.3 Å². The van der Waals surface area contributed by atoms with Crippen LogP contribution in [0.3, 0.4) is 0 Å². The van der Waals surface area contributed by atoms with Gasteiger partial charge in [0, 0.05) is 6.54 Å². The van der Waals surface area contributed by atoms with Crippen molar-refractivity contribution in [1.29, 1.82) is 5.26 Å². The van der Waals surface area contributed by atoms with E-state index < -0.39 is 18.6 Å². The van der Waals surface area contributed by atoms with Crippen LogP contribution in [0.15, 0.2) is 18.2 Å². The summed E-state index contributed by atoms with van der Waals surface area (Å²) in [6.07, 6.45) is 0. The van der Waals surface area contributed by atoms with Gasteiger partial charge in [0.2, 0.25) is 0 Å². The number of amides is 2. The molecule has 8 nitrogen and oxygen atoms in total. The van der Waals surface area contributed by atoms with Crippen molar-refractivity contribution >= 4 is 17.7 Å². The SMILES string of the molecule is COc1cccc(C#N)c1NC(=O)NCCOCC(=O)O. The van der Waals surface area contributed by atoms with Crippen LogP contribution in [-0.4, -0.2) is 44.0 Å². The molecule has 0 spiro atoms. The summed E-state index contributed by atoms with van der Waals surface area (Å²) in [5.41, 5.74) is 0.540. The third kappa shape index (κ3) is 5.38. The number of carbonyl (C=O) groups is 2. The lowest BCUT2D eigenvalue weighted by atomic mass is 10.2. The lowest BCUT2D eigenvalue weighted by molar-refractivity contribution is -0.142. The van der Waals surface area contributed by atoms with E-state index in [4.69, 9.17) is 19.8 Å². The minimum Gasteiger partial charge on any atom is -0.495 e. The highest BCUT2D eigenvalue weighted by atomic mass is 16.5. The molecule has 3 N–H and O–H groups in total. The van der Waals surface area contributed by atoms with Gasteiger partial charge in [0.15, 0.2) is 0 Å². The Kier molecular flexibility index (Phi) is 6.50. The highest BCUT2D eigenvalue weighted by molar-refractivity contribution is 5.92. The van der Waals surface area contributed by atoms with Crippen LogP contribution in [0.2, 0.25) is 0 Å². The lowest BCUT2D eigenvalue weighted by Crippen LogP contribution is -2.32. The van der Waals surface area contributed by atoms with E-state index in [-0.39, 0.29) is 24.4 Å². The van der Waals surface area contributed by atoms with Gasteiger partial charge in [0.05, 0.1) is 19.3 Å². The Balaban J connectivity index is 2.52. The Morgan fingerprint density at radius 2 is 2.19 bits per heavy atom. The zero-order valence-corrected chi connectivity index (χ0v) is 11.4.